The van der Waals surface area contributed by atoms with Gasteiger partial charge in [0.1, 0.15) is 12.4 Å². The summed E-state index contributed by atoms with van der Waals surface area (Å²) in [6.07, 6.45) is -0.526. The zero-order valence-corrected chi connectivity index (χ0v) is 15.3. The molecule has 28 heavy (non-hydrogen) atoms. The molecule has 5 nitrogen and oxygen atoms in total. The van der Waals surface area contributed by atoms with Crippen LogP contribution in [0.2, 0.25) is 0 Å². The van der Waals surface area contributed by atoms with Crippen molar-refractivity contribution in [2.75, 3.05) is 11.9 Å². The van der Waals surface area contributed by atoms with Gasteiger partial charge in [-0.3, -0.25) is 10.1 Å². The number of hydrogen-bond donors (Lipinski definition) is 1. The summed E-state index contributed by atoms with van der Waals surface area (Å²) >= 11 is 0. The summed E-state index contributed by atoms with van der Waals surface area (Å²) in [5, 5.41) is 2.69. The first-order chi connectivity index (χ1) is 13.6. The van der Waals surface area contributed by atoms with Gasteiger partial charge in [0, 0.05) is 18.5 Å². The van der Waals surface area contributed by atoms with Crippen LogP contribution >= 0.6 is 0 Å². The number of carbonyl (C=O) groups excluding carboxylic acids is 2. The summed E-state index contributed by atoms with van der Waals surface area (Å²) in [5.41, 5.74) is 5.28. The maximum absolute atomic E-state index is 12.2. The Balaban J connectivity index is 1.42. The summed E-state index contributed by atoms with van der Waals surface area (Å²) in [6.45, 7) is 1.59. The Morgan fingerprint density at radius 1 is 0.857 bits per heavy atom. The van der Waals surface area contributed by atoms with Crippen LogP contribution in [0.15, 0.2) is 72.8 Å². The molecule has 0 aromatic heterocycles. The first kappa shape index (κ1) is 17.8. The number of amides is 1. The summed E-state index contributed by atoms with van der Waals surface area (Å²) in [4.78, 5) is 23.2. The van der Waals surface area contributed by atoms with Gasteiger partial charge >= 0.3 is 12.1 Å². The fourth-order valence-corrected chi connectivity index (χ4v) is 3.52. The van der Waals surface area contributed by atoms with Crippen LogP contribution < -0.4 is 10.1 Å². The molecule has 5 heteroatoms. The molecule has 3 aromatic rings. The largest absolute Gasteiger partial charge is 0.448 e. The Hall–Kier alpha value is -3.60. The molecule has 0 heterocycles. The molecule has 1 N–H and O–H groups in total. The summed E-state index contributed by atoms with van der Waals surface area (Å²) in [7, 11) is 0. The van der Waals surface area contributed by atoms with Gasteiger partial charge in [-0.15, -0.1) is 0 Å². The topological polar surface area (TPSA) is 64.6 Å². The molecular formula is C23H19NO4. The lowest BCUT2D eigenvalue weighted by atomic mass is 9.98. The highest BCUT2D eigenvalue weighted by Gasteiger charge is 2.28. The van der Waals surface area contributed by atoms with E-state index < -0.39 is 12.1 Å². The number of hydrogen-bond acceptors (Lipinski definition) is 4. The lowest BCUT2D eigenvalue weighted by molar-refractivity contribution is -0.131. The minimum absolute atomic E-state index is 0.0180. The molecule has 140 valence electrons. The van der Waals surface area contributed by atoms with E-state index in [9.17, 15) is 9.59 Å². The third-order valence-electron chi connectivity index (χ3n) is 4.71. The smallest absolute Gasteiger partial charge is 0.411 e. The highest BCUT2D eigenvalue weighted by molar-refractivity contribution is 5.85. The summed E-state index contributed by atoms with van der Waals surface area (Å²) < 4.78 is 10.5. The molecule has 1 aliphatic rings. The fourth-order valence-electron chi connectivity index (χ4n) is 3.52. The van der Waals surface area contributed by atoms with E-state index in [2.05, 4.69) is 29.6 Å². The standard InChI is InChI=1S/C23H19NO4/c1-15(25)28-17-12-10-16(11-13-17)24-23(26)27-14-22-20-8-4-2-6-18(20)19-7-3-5-9-21(19)22/h2-13,22H,14H2,1H3,(H,24,26). The van der Waals surface area contributed by atoms with Gasteiger partial charge in [0.25, 0.3) is 0 Å². The van der Waals surface area contributed by atoms with Crippen LogP contribution in [0.5, 0.6) is 5.75 Å². The SMILES string of the molecule is CC(=O)Oc1ccc(NC(=O)OCC2c3ccccc3-c3ccccc32)cc1. The van der Waals surface area contributed by atoms with Crippen LogP contribution in [-0.4, -0.2) is 18.7 Å². The first-order valence-corrected chi connectivity index (χ1v) is 9.02. The van der Waals surface area contributed by atoms with Gasteiger partial charge in [-0.2, -0.15) is 0 Å². The van der Waals surface area contributed by atoms with E-state index in [-0.39, 0.29) is 12.5 Å². The van der Waals surface area contributed by atoms with E-state index in [1.807, 2.05) is 24.3 Å². The van der Waals surface area contributed by atoms with Gasteiger partial charge in [-0.1, -0.05) is 48.5 Å². The Bertz CT molecular complexity index is 981. The van der Waals surface area contributed by atoms with Crippen molar-refractivity contribution in [2.45, 2.75) is 12.8 Å². The third-order valence-corrected chi connectivity index (χ3v) is 4.71. The molecule has 4 rings (SSSR count). The first-order valence-electron chi connectivity index (χ1n) is 9.02. The summed E-state index contributed by atoms with van der Waals surface area (Å²) in [5.74, 6) is 0.0484. The van der Waals surface area contributed by atoms with E-state index in [0.717, 1.165) is 0 Å². The van der Waals surface area contributed by atoms with Crippen LogP contribution in [0.25, 0.3) is 11.1 Å². The molecular weight excluding hydrogens is 354 g/mol. The van der Waals surface area contributed by atoms with Crippen molar-refractivity contribution >= 4 is 17.7 Å². The minimum Gasteiger partial charge on any atom is -0.448 e. The predicted molar refractivity (Wildman–Crippen MR) is 106 cm³/mol. The number of anilines is 1. The molecule has 1 aliphatic carbocycles. The van der Waals surface area contributed by atoms with Crippen LogP contribution in [-0.2, 0) is 9.53 Å². The molecule has 3 aromatic carbocycles. The Kier molecular flexibility index (Phi) is 4.81. The second-order valence-corrected chi connectivity index (χ2v) is 6.57. The molecule has 0 spiro atoms. The zero-order valence-electron chi connectivity index (χ0n) is 15.3. The number of esters is 1. The van der Waals surface area contributed by atoms with Crippen molar-refractivity contribution in [3.8, 4) is 16.9 Å². The lowest BCUT2D eigenvalue weighted by Gasteiger charge is -2.14. The van der Waals surface area contributed by atoms with Crippen molar-refractivity contribution in [3.63, 3.8) is 0 Å². The molecule has 0 atom stereocenters. The van der Waals surface area contributed by atoms with E-state index in [1.165, 1.54) is 29.2 Å². The van der Waals surface area contributed by atoms with Crippen molar-refractivity contribution in [2.24, 2.45) is 0 Å². The number of carbonyl (C=O) groups is 2. The maximum Gasteiger partial charge on any atom is 0.411 e. The predicted octanol–water partition coefficient (Wildman–Crippen LogP) is 4.97. The average molecular weight is 373 g/mol. The normalized spacial score (nSPS) is 12.0. The van der Waals surface area contributed by atoms with Crippen molar-refractivity contribution in [3.05, 3.63) is 83.9 Å². The van der Waals surface area contributed by atoms with Crippen molar-refractivity contribution in [1.29, 1.82) is 0 Å². The van der Waals surface area contributed by atoms with Crippen LogP contribution in [0.4, 0.5) is 10.5 Å². The molecule has 0 saturated heterocycles. The molecule has 0 bridgehead atoms. The van der Waals surface area contributed by atoms with Gasteiger partial charge in [0.2, 0.25) is 0 Å². The molecule has 0 radical (unpaired) electrons. The number of fused-ring (bicyclic) bond motifs is 3. The Morgan fingerprint density at radius 3 is 2.00 bits per heavy atom. The highest BCUT2D eigenvalue weighted by atomic mass is 16.5. The van der Waals surface area contributed by atoms with Gasteiger partial charge in [0.15, 0.2) is 0 Å². The van der Waals surface area contributed by atoms with E-state index in [1.54, 1.807) is 24.3 Å². The Morgan fingerprint density at radius 2 is 1.43 bits per heavy atom. The number of benzene rings is 3. The molecule has 1 amide bonds. The molecule has 0 fully saturated rings. The van der Waals surface area contributed by atoms with E-state index >= 15 is 0 Å². The molecule has 0 saturated carbocycles. The summed E-state index contributed by atoms with van der Waals surface area (Å²) in [6, 6.07) is 22.9. The van der Waals surface area contributed by atoms with Gasteiger partial charge in [0.05, 0.1) is 0 Å². The molecule has 0 unspecified atom stereocenters. The van der Waals surface area contributed by atoms with Crippen LogP contribution in [0.3, 0.4) is 0 Å². The average Bonchev–Trinajstić information content (AvgIpc) is 3.01. The number of ether oxygens (including phenoxy) is 2. The highest BCUT2D eigenvalue weighted by Crippen LogP contribution is 2.44. The number of nitrogens with one attached hydrogen (secondary N) is 1. The van der Waals surface area contributed by atoms with E-state index in [0.29, 0.717) is 11.4 Å². The van der Waals surface area contributed by atoms with Crippen molar-refractivity contribution in [1.82, 2.24) is 0 Å². The van der Waals surface area contributed by atoms with Gasteiger partial charge < -0.3 is 9.47 Å². The molecule has 0 aliphatic heterocycles. The lowest BCUT2D eigenvalue weighted by Crippen LogP contribution is -2.17. The van der Waals surface area contributed by atoms with Gasteiger partial charge in [-0.05, 0) is 46.5 Å². The second kappa shape index (κ2) is 7.56. The quantitative estimate of drug-likeness (QED) is 0.518. The Labute approximate surface area is 162 Å². The monoisotopic (exact) mass is 373 g/mol. The fraction of sp³-hybridized carbons (Fsp3) is 0.130. The van der Waals surface area contributed by atoms with Crippen molar-refractivity contribution < 1.29 is 19.1 Å². The van der Waals surface area contributed by atoms with Crippen LogP contribution in [0, 0.1) is 0 Å². The maximum atomic E-state index is 12.2. The van der Waals surface area contributed by atoms with E-state index in [4.69, 9.17) is 9.47 Å². The zero-order chi connectivity index (χ0) is 19.5. The van der Waals surface area contributed by atoms with Crippen LogP contribution in [0.1, 0.15) is 24.0 Å². The van der Waals surface area contributed by atoms with Gasteiger partial charge in [-0.25, -0.2) is 4.79 Å². The minimum atomic E-state index is -0.526. The third kappa shape index (κ3) is 3.60. The second-order valence-electron chi connectivity index (χ2n) is 6.57. The number of rotatable bonds is 4.